The fourth-order valence-corrected chi connectivity index (χ4v) is 4.09. The summed E-state index contributed by atoms with van der Waals surface area (Å²) in [5.41, 5.74) is 1.11. The zero-order chi connectivity index (χ0) is 16.4. The minimum absolute atomic E-state index is 0.242. The lowest BCUT2D eigenvalue weighted by Gasteiger charge is -2.02. The largest absolute Gasteiger partial charge is 0.303 e. The second-order valence-electron chi connectivity index (χ2n) is 4.70. The van der Waals surface area contributed by atoms with E-state index in [1.54, 1.807) is 16.9 Å². The van der Waals surface area contributed by atoms with Crippen LogP contribution in [0.15, 0.2) is 50.9 Å². The molecule has 23 heavy (non-hydrogen) atoms. The molecule has 0 radical (unpaired) electrons. The van der Waals surface area contributed by atoms with Gasteiger partial charge in [-0.25, -0.2) is 0 Å². The molecule has 0 spiro atoms. The van der Waals surface area contributed by atoms with Gasteiger partial charge in [-0.3, -0.25) is 9.48 Å². The molecule has 0 unspecified atom stereocenters. The van der Waals surface area contributed by atoms with Crippen molar-refractivity contribution in [2.45, 2.75) is 6.54 Å². The molecule has 3 rings (SSSR count). The minimum Gasteiger partial charge on any atom is -0.303 e. The predicted octanol–water partition coefficient (Wildman–Crippen LogP) is 5.42. The molecule has 3 aromatic rings. The van der Waals surface area contributed by atoms with Crippen molar-refractivity contribution in [1.82, 2.24) is 9.78 Å². The standard InChI is InChI=1S/C15H10Br2ClN3OS/c16-10-6-12(23-13(10)17)15(22)19-14-11(18)8-21(20-14)7-9-4-2-1-3-5-9/h1-6,8H,7H2,(H,19,20,22). The van der Waals surface area contributed by atoms with Gasteiger partial charge in [0.2, 0.25) is 0 Å². The van der Waals surface area contributed by atoms with Crippen molar-refractivity contribution < 1.29 is 4.79 Å². The van der Waals surface area contributed by atoms with Crippen LogP contribution in [0.25, 0.3) is 0 Å². The predicted molar refractivity (Wildman–Crippen MR) is 100 cm³/mol. The van der Waals surface area contributed by atoms with Crippen LogP contribution < -0.4 is 5.32 Å². The number of thiophene rings is 1. The molecule has 0 saturated carbocycles. The summed E-state index contributed by atoms with van der Waals surface area (Å²) in [7, 11) is 0. The number of hydrogen-bond acceptors (Lipinski definition) is 3. The first-order valence-corrected chi connectivity index (χ1v) is 9.34. The van der Waals surface area contributed by atoms with E-state index in [4.69, 9.17) is 11.6 Å². The van der Waals surface area contributed by atoms with Gasteiger partial charge in [-0.2, -0.15) is 5.10 Å². The number of benzene rings is 1. The average molecular weight is 476 g/mol. The minimum atomic E-state index is -0.242. The number of nitrogens with one attached hydrogen (secondary N) is 1. The van der Waals surface area contributed by atoms with Crippen LogP contribution in [0.2, 0.25) is 5.02 Å². The van der Waals surface area contributed by atoms with Crippen LogP contribution in [-0.2, 0) is 6.54 Å². The van der Waals surface area contributed by atoms with Gasteiger partial charge in [0.05, 0.1) is 15.2 Å². The Morgan fingerprint density at radius 3 is 2.70 bits per heavy atom. The number of aromatic nitrogens is 2. The molecule has 4 nitrogen and oxygen atoms in total. The highest BCUT2D eigenvalue weighted by molar-refractivity contribution is 9.13. The third-order valence-electron chi connectivity index (χ3n) is 3.01. The quantitative estimate of drug-likeness (QED) is 0.548. The number of rotatable bonds is 4. The summed E-state index contributed by atoms with van der Waals surface area (Å²) < 4.78 is 3.41. The number of carbonyl (C=O) groups is 1. The molecule has 0 aliphatic carbocycles. The Bertz CT molecular complexity index is 828. The van der Waals surface area contributed by atoms with Crippen molar-refractivity contribution in [2.24, 2.45) is 0 Å². The van der Waals surface area contributed by atoms with E-state index >= 15 is 0 Å². The fraction of sp³-hybridized carbons (Fsp3) is 0.0667. The number of hydrogen-bond donors (Lipinski definition) is 1. The maximum atomic E-state index is 12.2. The van der Waals surface area contributed by atoms with Gasteiger partial charge in [-0.1, -0.05) is 41.9 Å². The van der Waals surface area contributed by atoms with E-state index in [-0.39, 0.29) is 5.91 Å². The summed E-state index contributed by atoms with van der Waals surface area (Å²) >= 11 is 14.2. The van der Waals surface area contributed by atoms with Crippen LogP contribution in [0.1, 0.15) is 15.2 Å². The van der Waals surface area contributed by atoms with Gasteiger partial charge < -0.3 is 5.32 Å². The summed E-state index contributed by atoms with van der Waals surface area (Å²) in [5, 5.41) is 7.48. The van der Waals surface area contributed by atoms with Crippen molar-refractivity contribution in [3.63, 3.8) is 0 Å². The van der Waals surface area contributed by atoms with Gasteiger partial charge in [0.1, 0.15) is 5.02 Å². The Morgan fingerprint density at radius 1 is 1.30 bits per heavy atom. The number of amides is 1. The van der Waals surface area contributed by atoms with E-state index in [9.17, 15) is 4.79 Å². The Balaban J connectivity index is 1.74. The molecular weight excluding hydrogens is 466 g/mol. The first-order valence-electron chi connectivity index (χ1n) is 6.56. The summed E-state index contributed by atoms with van der Waals surface area (Å²) in [4.78, 5) is 12.8. The normalized spacial score (nSPS) is 10.7. The van der Waals surface area contributed by atoms with Crippen LogP contribution in [0, 0.1) is 0 Å². The van der Waals surface area contributed by atoms with Gasteiger partial charge in [-0.15, -0.1) is 11.3 Å². The molecule has 118 valence electrons. The van der Waals surface area contributed by atoms with Gasteiger partial charge in [-0.05, 0) is 43.5 Å². The van der Waals surface area contributed by atoms with Crippen molar-refractivity contribution in [3.8, 4) is 0 Å². The maximum Gasteiger partial charge on any atom is 0.267 e. The lowest BCUT2D eigenvalue weighted by atomic mass is 10.2. The van der Waals surface area contributed by atoms with E-state index < -0.39 is 0 Å². The van der Waals surface area contributed by atoms with E-state index in [0.29, 0.717) is 22.3 Å². The first-order chi connectivity index (χ1) is 11.0. The fourth-order valence-electron chi connectivity index (χ4n) is 1.96. The average Bonchev–Trinajstić information content (AvgIpc) is 3.03. The van der Waals surface area contributed by atoms with Crippen molar-refractivity contribution >= 4 is 66.5 Å². The third kappa shape index (κ3) is 4.03. The van der Waals surface area contributed by atoms with Crippen molar-refractivity contribution in [1.29, 1.82) is 0 Å². The summed E-state index contributed by atoms with van der Waals surface area (Å²) in [6.45, 7) is 0.590. The van der Waals surface area contributed by atoms with Crippen molar-refractivity contribution in [2.75, 3.05) is 5.32 Å². The SMILES string of the molecule is O=C(Nc1nn(Cc2ccccc2)cc1Cl)c1cc(Br)c(Br)s1. The summed E-state index contributed by atoms with van der Waals surface area (Å²) in [6, 6.07) is 11.7. The molecule has 0 bridgehead atoms. The van der Waals surface area contributed by atoms with E-state index in [1.165, 1.54) is 11.3 Å². The van der Waals surface area contributed by atoms with Gasteiger partial charge in [0.25, 0.3) is 5.91 Å². The third-order valence-corrected chi connectivity index (χ3v) is 6.54. The molecular formula is C15H10Br2ClN3OS. The van der Waals surface area contributed by atoms with Gasteiger partial charge >= 0.3 is 0 Å². The Kier molecular flexibility index (Phi) is 5.21. The van der Waals surface area contributed by atoms with E-state index in [1.807, 2.05) is 30.3 Å². The highest BCUT2D eigenvalue weighted by Crippen LogP contribution is 2.33. The van der Waals surface area contributed by atoms with Crippen LogP contribution in [0.5, 0.6) is 0 Å². The lowest BCUT2D eigenvalue weighted by Crippen LogP contribution is -2.11. The first kappa shape index (κ1) is 16.7. The summed E-state index contributed by atoms with van der Waals surface area (Å²) in [5.74, 6) is 0.113. The zero-order valence-electron chi connectivity index (χ0n) is 11.6. The topological polar surface area (TPSA) is 46.9 Å². The molecule has 2 aromatic heterocycles. The smallest absolute Gasteiger partial charge is 0.267 e. The molecule has 0 atom stereocenters. The monoisotopic (exact) mass is 473 g/mol. The van der Waals surface area contributed by atoms with Gasteiger partial charge in [0.15, 0.2) is 5.82 Å². The van der Waals surface area contributed by atoms with Crippen LogP contribution in [0.4, 0.5) is 5.82 Å². The molecule has 1 amide bonds. The molecule has 8 heteroatoms. The number of halogens is 3. The van der Waals surface area contributed by atoms with Gasteiger partial charge in [0, 0.05) is 10.7 Å². The van der Waals surface area contributed by atoms with Crippen LogP contribution in [-0.4, -0.2) is 15.7 Å². The molecule has 1 N–H and O–H groups in total. The molecule has 1 aromatic carbocycles. The van der Waals surface area contributed by atoms with E-state index in [2.05, 4.69) is 42.3 Å². The molecule has 2 heterocycles. The number of anilines is 1. The van der Waals surface area contributed by atoms with Crippen LogP contribution in [0.3, 0.4) is 0 Å². The Morgan fingerprint density at radius 2 is 2.04 bits per heavy atom. The molecule has 0 aliphatic heterocycles. The molecule has 0 aliphatic rings. The summed E-state index contributed by atoms with van der Waals surface area (Å²) in [6.07, 6.45) is 1.70. The van der Waals surface area contributed by atoms with E-state index in [0.717, 1.165) is 13.8 Å². The Labute approximate surface area is 158 Å². The maximum absolute atomic E-state index is 12.2. The number of carbonyl (C=O) groups excluding carboxylic acids is 1. The highest BCUT2D eigenvalue weighted by Gasteiger charge is 2.15. The number of nitrogens with zero attached hydrogens (tertiary/aromatic N) is 2. The highest BCUT2D eigenvalue weighted by atomic mass is 79.9. The molecule has 0 fully saturated rings. The van der Waals surface area contributed by atoms with Crippen molar-refractivity contribution in [3.05, 3.63) is 66.3 Å². The second-order valence-corrected chi connectivity index (χ2v) is 8.33. The second kappa shape index (κ2) is 7.17. The van der Waals surface area contributed by atoms with Crippen LogP contribution >= 0.6 is 54.8 Å². The lowest BCUT2D eigenvalue weighted by molar-refractivity contribution is 0.103. The Hall–Kier alpha value is -1.15. The molecule has 0 saturated heterocycles. The zero-order valence-corrected chi connectivity index (χ0v) is 16.3.